The highest BCUT2D eigenvalue weighted by Gasteiger charge is 2.00. The summed E-state index contributed by atoms with van der Waals surface area (Å²) in [6.45, 7) is 0. The van der Waals surface area contributed by atoms with Crippen LogP contribution in [-0.2, 0) is 0 Å². The summed E-state index contributed by atoms with van der Waals surface area (Å²) in [4.78, 5) is 4.99. The molecule has 0 bridgehead atoms. The standard InChI is InChI=1S/C5H4N3S.ClHO4/c1-2-6-5-8(3-1)7-4-9-5;2-1(3,4)5/h1-4H;(H,2,3,4,5)/q+1;/p-1. The number of rotatable bonds is 0. The molecule has 0 fully saturated rings. The van der Waals surface area contributed by atoms with Gasteiger partial charge in [0, 0.05) is 6.07 Å². The van der Waals surface area contributed by atoms with Gasteiger partial charge in [-0.2, -0.15) is 0 Å². The molecule has 0 saturated heterocycles. The van der Waals surface area contributed by atoms with E-state index in [2.05, 4.69) is 10.1 Å². The van der Waals surface area contributed by atoms with Crippen molar-refractivity contribution in [2.24, 2.45) is 0 Å². The third-order valence-corrected chi connectivity index (χ3v) is 1.73. The molecule has 0 aliphatic rings. The molecule has 0 aromatic carbocycles. The predicted molar refractivity (Wildman–Crippen MR) is 33.1 cm³/mol. The molecule has 0 spiro atoms. The summed E-state index contributed by atoms with van der Waals surface area (Å²) in [6.07, 6.45) is 3.63. The lowest BCUT2D eigenvalue weighted by Crippen LogP contribution is -2.68. The van der Waals surface area contributed by atoms with Gasteiger partial charge in [0.25, 0.3) is 0 Å². The van der Waals surface area contributed by atoms with Gasteiger partial charge in [-0.15, -0.1) is 10.2 Å². The smallest absolute Gasteiger partial charge is 0.222 e. The first-order valence-corrected chi connectivity index (χ1v) is 5.26. The van der Waals surface area contributed by atoms with Crippen molar-refractivity contribution in [3.63, 3.8) is 0 Å². The van der Waals surface area contributed by atoms with Gasteiger partial charge >= 0.3 is 4.96 Å². The molecule has 2 rings (SSSR count). The summed E-state index contributed by atoms with van der Waals surface area (Å²) in [5.41, 5.74) is 1.77. The molecule has 0 amide bonds. The van der Waals surface area contributed by atoms with E-state index in [9.17, 15) is 0 Å². The average Bonchev–Trinajstić information content (AvgIpc) is 2.47. The Hall–Kier alpha value is -0.900. The van der Waals surface area contributed by atoms with E-state index in [-0.39, 0.29) is 0 Å². The van der Waals surface area contributed by atoms with E-state index in [0.717, 1.165) is 4.96 Å². The zero-order valence-corrected chi connectivity index (χ0v) is 8.14. The summed E-state index contributed by atoms with van der Waals surface area (Å²) in [6, 6.07) is 1.85. The van der Waals surface area contributed by atoms with Gasteiger partial charge in [0.2, 0.25) is 0 Å². The van der Waals surface area contributed by atoms with Crippen molar-refractivity contribution in [1.82, 2.24) is 10.1 Å². The van der Waals surface area contributed by atoms with Crippen molar-refractivity contribution in [2.45, 2.75) is 0 Å². The van der Waals surface area contributed by atoms with E-state index >= 15 is 0 Å². The highest BCUT2D eigenvalue weighted by atomic mass is 35.7. The quantitative estimate of drug-likeness (QED) is 0.426. The van der Waals surface area contributed by atoms with Gasteiger partial charge in [0.05, 0.1) is 0 Å². The van der Waals surface area contributed by atoms with E-state index in [1.807, 2.05) is 12.3 Å². The van der Waals surface area contributed by atoms with E-state index in [1.165, 1.54) is 11.3 Å². The van der Waals surface area contributed by atoms with Gasteiger partial charge in [-0.3, -0.25) is 0 Å². The fourth-order valence-corrected chi connectivity index (χ4v) is 1.22. The minimum atomic E-state index is -4.94. The molecule has 0 aliphatic carbocycles. The van der Waals surface area contributed by atoms with Crippen LogP contribution in [0.3, 0.4) is 0 Å². The van der Waals surface area contributed by atoms with Gasteiger partial charge in [-0.25, -0.2) is 18.6 Å². The fourth-order valence-electron chi connectivity index (χ4n) is 0.644. The summed E-state index contributed by atoms with van der Waals surface area (Å²) >= 11 is 1.53. The first-order valence-electron chi connectivity index (χ1n) is 3.15. The van der Waals surface area contributed by atoms with Crippen LogP contribution < -0.4 is 23.2 Å². The molecule has 0 saturated carbocycles. The highest BCUT2D eigenvalue weighted by molar-refractivity contribution is 7.14. The Balaban J connectivity index is 0.000000171. The van der Waals surface area contributed by atoms with Crippen molar-refractivity contribution < 1.29 is 33.4 Å². The SMILES string of the molecule is [O-][Cl+3]([O-])([O-])[O-].c1cnc2scn[n+]2c1. The van der Waals surface area contributed by atoms with Crippen LogP contribution in [-0.4, -0.2) is 10.1 Å². The Labute approximate surface area is 84.3 Å². The van der Waals surface area contributed by atoms with Crippen LogP contribution in [0.4, 0.5) is 0 Å². The Morgan fingerprint density at radius 3 is 2.50 bits per heavy atom. The van der Waals surface area contributed by atoms with Gasteiger partial charge in [-0.1, -0.05) is 9.61 Å². The molecule has 0 unspecified atom stereocenters. The number of halogens is 1. The van der Waals surface area contributed by atoms with Crippen molar-refractivity contribution >= 4 is 16.3 Å². The van der Waals surface area contributed by atoms with Gasteiger partial charge in [0.15, 0.2) is 0 Å². The van der Waals surface area contributed by atoms with Crippen LogP contribution >= 0.6 is 11.3 Å². The lowest BCUT2D eigenvalue weighted by atomic mass is 10.7. The second-order valence-electron chi connectivity index (χ2n) is 1.96. The van der Waals surface area contributed by atoms with Crippen LogP contribution in [0.1, 0.15) is 0 Å². The number of hydrogen-bond donors (Lipinski definition) is 0. The van der Waals surface area contributed by atoms with Crippen molar-refractivity contribution in [2.75, 3.05) is 0 Å². The molecule has 2 heterocycles. The Bertz CT molecular complexity index is 367. The van der Waals surface area contributed by atoms with Crippen molar-refractivity contribution in [3.8, 4) is 0 Å². The molecule has 7 nitrogen and oxygen atoms in total. The molecule has 0 N–H and O–H groups in total. The third-order valence-electron chi connectivity index (χ3n) is 1.02. The zero-order chi connectivity index (χ0) is 10.6. The largest absolute Gasteiger partial charge is 0.409 e. The highest BCUT2D eigenvalue weighted by Crippen LogP contribution is 1.94. The molecule has 0 atom stereocenters. The van der Waals surface area contributed by atoms with Crippen LogP contribution in [0.15, 0.2) is 24.0 Å². The monoisotopic (exact) mass is 237 g/mol. The van der Waals surface area contributed by atoms with E-state index < -0.39 is 10.2 Å². The second-order valence-corrected chi connectivity index (χ2v) is 3.53. The lowest BCUT2D eigenvalue weighted by molar-refractivity contribution is -2.00. The normalized spacial score (nSPS) is 10.9. The van der Waals surface area contributed by atoms with Crippen molar-refractivity contribution in [3.05, 3.63) is 24.0 Å². The molecular weight excluding hydrogens is 234 g/mol. The second kappa shape index (κ2) is 4.55. The zero-order valence-electron chi connectivity index (χ0n) is 6.57. The molecule has 0 radical (unpaired) electrons. The number of hydrogen-bond acceptors (Lipinski definition) is 7. The van der Waals surface area contributed by atoms with Gasteiger partial charge in [-0.05, 0) is 16.3 Å². The van der Waals surface area contributed by atoms with E-state index in [0.29, 0.717) is 0 Å². The Morgan fingerprint density at radius 2 is 1.93 bits per heavy atom. The molecule has 76 valence electrons. The molecule has 9 heteroatoms. The van der Waals surface area contributed by atoms with Crippen LogP contribution in [0, 0.1) is 10.2 Å². The van der Waals surface area contributed by atoms with E-state index in [1.54, 1.807) is 16.2 Å². The molecule has 0 aliphatic heterocycles. The average molecular weight is 238 g/mol. The maximum Gasteiger partial charge on any atom is 0.409 e. The number of aromatic nitrogens is 3. The lowest BCUT2D eigenvalue weighted by Gasteiger charge is -2.17. The summed E-state index contributed by atoms with van der Waals surface area (Å²) < 4.78 is 35.7. The first kappa shape index (κ1) is 11.2. The minimum absolute atomic E-state index is 0.928. The molecular formula is C5H4ClN3O4S. The van der Waals surface area contributed by atoms with Crippen LogP contribution in [0.5, 0.6) is 0 Å². The summed E-state index contributed by atoms with van der Waals surface area (Å²) in [7, 11) is -4.94. The predicted octanol–water partition coefficient (Wildman–Crippen LogP) is -4.48. The molecule has 2 aromatic rings. The number of nitrogens with zero attached hydrogens (tertiary/aromatic N) is 3. The van der Waals surface area contributed by atoms with Crippen LogP contribution in [0.2, 0.25) is 0 Å². The molecule has 14 heavy (non-hydrogen) atoms. The molecule has 2 aromatic heterocycles. The van der Waals surface area contributed by atoms with Gasteiger partial charge < -0.3 is 0 Å². The minimum Gasteiger partial charge on any atom is -0.222 e. The summed E-state index contributed by atoms with van der Waals surface area (Å²) in [5, 5.41) is 3.99. The Morgan fingerprint density at radius 1 is 1.29 bits per heavy atom. The Kier molecular flexibility index (Phi) is 3.63. The van der Waals surface area contributed by atoms with E-state index in [4.69, 9.17) is 18.6 Å². The fraction of sp³-hybridized carbons (Fsp3) is 0. The number of fused-ring (bicyclic) bond motifs is 1. The third kappa shape index (κ3) is 4.37. The summed E-state index contributed by atoms with van der Waals surface area (Å²) in [5.74, 6) is 0. The maximum atomic E-state index is 8.49. The topological polar surface area (TPSA) is 122 Å². The van der Waals surface area contributed by atoms with Gasteiger partial charge in [0.1, 0.15) is 17.9 Å². The van der Waals surface area contributed by atoms with Crippen molar-refractivity contribution in [1.29, 1.82) is 0 Å². The first-order chi connectivity index (χ1) is 6.47. The van der Waals surface area contributed by atoms with Crippen LogP contribution in [0.25, 0.3) is 4.96 Å². The maximum absolute atomic E-state index is 8.49.